The van der Waals surface area contributed by atoms with E-state index < -0.39 is 10.0 Å². The molecule has 13 nitrogen and oxygen atoms in total. The summed E-state index contributed by atoms with van der Waals surface area (Å²) in [6.45, 7) is 1.67. The van der Waals surface area contributed by atoms with Crippen molar-refractivity contribution < 1.29 is 27.2 Å². The molecule has 0 unspecified atom stereocenters. The van der Waals surface area contributed by atoms with E-state index in [0.29, 0.717) is 46.6 Å². The second kappa shape index (κ2) is 12.0. The van der Waals surface area contributed by atoms with Crippen LogP contribution < -0.4 is 36.1 Å². The number of ether oxygens (including phenoxy) is 3. The summed E-state index contributed by atoms with van der Waals surface area (Å²) in [5.74, 6) is 2.89. The molecule has 0 amide bonds. The Hall–Kier alpha value is -4.72. The number of hydrogen-bond donors (Lipinski definition) is 4. The Kier molecular flexibility index (Phi) is 8.81. The van der Waals surface area contributed by atoms with Gasteiger partial charge < -0.3 is 35.9 Å². The van der Waals surface area contributed by atoms with E-state index in [4.69, 9.17) is 35.9 Å². The maximum atomic E-state index is 11.9. The molecule has 0 radical (unpaired) electrons. The summed E-state index contributed by atoms with van der Waals surface area (Å²) in [6.07, 6.45) is 0.521. The van der Waals surface area contributed by atoms with Gasteiger partial charge in [0.25, 0.3) is 10.0 Å². The molecule has 202 valence electrons. The highest BCUT2D eigenvalue weighted by atomic mass is 32.2. The fourth-order valence-electron chi connectivity index (χ4n) is 3.33. The third kappa shape index (κ3) is 7.16. The Labute approximate surface area is 220 Å². The summed E-state index contributed by atoms with van der Waals surface area (Å²) in [4.78, 5) is 8.12. The number of aryl methyl sites for hydroxylation is 1. The van der Waals surface area contributed by atoms with Gasteiger partial charge in [0.05, 0.1) is 31.9 Å². The molecule has 0 fully saturated rings. The van der Waals surface area contributed by atoms with E-state index in [0.717, 1.165) is 5.56 Å². The van der Waals surface area contributed by atoms with Gasteiger partial charge in [0.15, 0.2) is 17.3 Å². The van der Waals surface area contributed by atoms with Crippen molar-refractivity contribution in [2.75, 3.05) is 43.3 Å². The number of nitrogens with one attached hydrogen (secondary N) is 1. The maximum Gasteiger partial charge on any atom is 0.263 e. The number of sulfonamides is 1. The van der Waals surface area contributed by atoms with Crippen LogP contribution in [0.2, 0.25) is 0 Å². The molecule has 4 aromatic rings. The topological polar surface area (TPSA) is 204 Å². The number of benzene rings is 2. The fraction of sp³-hybridized carbons (Fsp3) is 0.208. The van der Waals surface area contributed by atoms with E-state index in [1.807, 2.05) is 12.1 Å². The SMILES string of the molecule is COc1cc(Cc2cc(N)nc(N)n2)cc(OC)c1OC.Cc1cc(NS(=O)(=O)c2ccc(N)cc2)no1. The molecule has 0 aliphatic carbocycles. The summed E-state index contributed by atoms with van der Waals surface area (Å²) < 4.78 is 46.8. The van der Waals surface area contributed by atoms with E-state index in [1.54, 1.807) is 34.3 Å². The highest BCUT2D eigenvalue weighted by Gasteiger charge is 2.16. The zero-order valence-corrected chi connectivity index (χ0v) is 22.1. The third-order valence-corrected chi connectivity index (χ3v) is 6.35. The maximum absolute atomic E-state index is 11.9. The Morgan fingerprint density at radius 2 is 1.53 bits per heavy atom. The molecule has 2 aromatic heterocycles. The number of aromatic nitrogens is 3. The van der Waals surface area contributed by atoms with Gasteiger partial charge in [-0.2, -0.15) is 4.98 Å². The normalized spacial score (nSPS) is 10.7. The molecule has 0 atom stereocenters. The van der Waals surface area contributed by atoms with Crippen LogP contribution >= 0.6 is 0 Å². The van der Waals surface area contributed by atoms with Crippen LogP contribution in [0.15, 0.2) is 57.9 Å². The summed E-state index contributed by atoms with van der Waals surface area (Å²) >= 11 is 0. The lowest BCUT2D eigenvalue weighted by molar-refractivity contribution is 0.324. The quantitative estimate of drug-likeness (QED) is 0.237. The Balaban J connectivity index is 0.000000215. The lowest BCUT2D eigenvalue weighted by Crippen LogP contribution is -2.13. The molecule has 2 aromatic carbocycles. The lowest BCUT2D eigenvalue weighted by atomic mass is 10.1. The lowest BCUT2D eigenvalue weighted by Gasteiger charge is -2.14. The molecule has 14 heteroatoms. The highest BCUT2D eigenvalue weighted by Crippen LogP contribution is 2.38. The van der Waals surface area contributed by atoms with Gasteiger partial charge in [-0.05, 0) is 48.9 Å². The number of methoxy groups -OCH3 is 3. The molecule has 0 saturated carbocycles. The monoisotopic (exact) mass is 543 g/mol. The van der Waals surface area contributed by atoms with Gasteiger partial charge >= 0.3 is 0 Å². The predicted octanol–water partition coefficient (Wildman–Crippen LogP) is 2.62. The van der Waals surface area contributed by atoms with Crippen molar-refractivity contribution in [3.63, 3.8) is 0 Å². The first-order valence-electron chi connectivity index (χ1n) is 11.0. The van der Waals surface area contributed by atoms with Gasteiger partial charge in [0.2, 0.25) is 11.7 Å². The van der Waals surface area contributed by atoms with Crippen LogP contribution in [0.25, 0.3) is 0 Å². The summed E-state index contributed by atoms with van der Waals surface area (Å²) in [6, 6.07) is 12.8. The van der Waals surface area contributed by atoms with Crippen molar-refractivity contribution in [3.05, 3.63) is 65.5 Å². The smallest absolute Gasteiger partial charge is 0.263 e. The van der Waals surface area contributed by atoms with Crippen molar-refractivity contribution in [3.8, 4) is 17.2 Å². The standard InChI is InChI=1S/C14H18N4O3.C10H11N3O3S/c1-19-10-5-8(6-11(20-2)13(10)21-3)4-9-7-12(15)18-14(16)17-9;1-7-6-10(12-16-7)13-17(14,15)9-4-2-8(11)3-5-9/h5-7H,4H2,1-3H3,(H4,15,16,17,18);2-6H,11H2,1H3,(H,12,13). The van der Waals surface area contributed by atoms with Crippen LogP contribution in [-0.2, 0) is 16.4 Å². The number of nitrogens with two attached hydrogens (primary N) is 3. The van der Waals surface area contributed by atoms with E-state index in [1.165, 1.54) is 30.3 Å². The Morgan fingerprint density at radius 1 is 0.895 bits per heavy atom. The Bertz CT molecular complexity index is 1450. The molecule has 38 heavy (non-hydrogen) atoms. The molecule has 0 aliphatic rings. The zero-order chi connectivity index (χ0) is 27.9. The largest absolute Gasteiger partial charge is 0.493 e. The van der Waals surface area contributed by atoms with Gasteiger partial charge in [-0.15, -0.1) is 0 Å². The molecular weight excluding hydrogens is 514 g/mol. The van der Waals surface area contributed by atoms with Gasteiger partial charge in [-0.1, -0.05) is 5.16 Å². The third-order valence-electron chi connectivity index (χ3n) is 4.98. The number of hydrogen-bond acceptors (Lipinski definition) is 12. The van der Waals surface area contributed by atoms with Crippen molar-refractivity contribution in [2.45, 2.75) is 18.2 Å². The first-order chi connectivity index (χ1) is 18.0. The fourth-order valence-corrected chi connectivity index (χ4v) is 4.32. The van der Waals surface area contributed by atoms with Crippen molar-refractivity contribution in [1.82, 2.24) is 15.1 Å². The van der Waals surface area contributed by atoms with Crippen LogP contribution in [0.4, 0.5) is 23.3 Å². The predicted molar refractivity (Wildman–Crippen MR) is 143 cm³/mol. The van der Waals surface area contributed by atoms with Crippen LogP contribution in [0.3, 0.4) is 0 Å². The first-order valence-corrected chi connectivity index (χ1v) is 12.5. The molecule has 0 bridgehead atoms. The average molecular weight is 544 g/mol. The van der Waals surface area contributed by atoms with Crippen LogP contribution in [0.1, 0.15) is 17.0 Å². The molecule has 7 N–H and O–H groups in total. The summed E-state index contributed by atoms with van der Waals surface area (Å²) in [5, 5.41) is 3.55. The van der Waals surface area contributed by atoms with Gasteiger partial charge in [-0.3, -0.25) is 4.72 Å². The van der Waals surface area contributed by atoms with Crippen molar-refractivity contribution >= 4 is 33.3 Å². The number of rotatable bonds is 8. The van der Waals surface area contributed by atoms with E-state index >= 15 is 0 Å². The van der Waals surface area contributed by atoms with E-state index in [-0.39, 0.29) is 16.7 Å². The summed E-state index contributed by atoms with van der Waals surface area (Å²) in [5.41, 5.74) is 18.9. The zero-order valence-electron chi connectivity index (χ0n) is 21.3. The van der Waals surface area contributed by atoms with Gasteiger partial charge in [0.1, 0.15) is 11.6 Å². The molecule has 0 saturated heterocycles. The minimum atomic E-state index is -3.64. The summed E-state index contributed by atoms with van der Waals surface area (Å²) in [7, 11) is 1.06. The minimum Gasteiger partial charge on any atom is -0.493 e. The second-order valence-corrected chi connectivity index (χ2v) is 9.53. The van der Waals surface area contributed by atoms with E-state index in [2.05, 4.69) is 19.8 Å². The van der Waals surface area contributed by atoms with Gasteiger partial charge in [0, 0.05) is 24.2 Å². The second-order valence-electron chi connectivity index (χ2n) is 7.85. The minimum absolute atomic E-state index is 0.118. The Morgan fingerprint density at radius 3 is 2.03 bits per heavy atom. The van der Waals surface area contributed by atoms with Gasteiger partial charge in [-0.25, -0.2) is 13.4 Å². The molecule has 0 aliphatic heterocycles. The average Bonchev–Trinajstić information content (AvgIpc) is 3.27. The molecular formula is C24H29N7O6S. The molecule has 4 rings (SSSR count). The van der Waals surface area contributed by atoms with Crippen LogP contribution in [0.5, 0.6) is 17.2 Å². The molecule has 2 heterocycles. The number of nitrogen functional groups attached to an aromatic ring is 3. The van der Waals surface area contributed by atoms with Crippen LogP contribution in [-0.4, -0.2) is 44.9 Å². The van der Waals surface area contributed by atoms with Crippen molar-refractivity contribution in [1.29, 1.82) is 0 Å². The van der Waals surface area contributed by atoms with Crippen LogP contribution in [0, 0.1) is 6.92 Å². The molecule has 0 spiro atoms. The first kappa shape index (κ1) is 27.9. The number of anilines is 4. The van der Waals surface area contributed by atoms with Crippen molar-refractivity contribution in [2.24, 2.45) is 0 Å². The highest BCUT2D eigenvalue weighted by molar-refractivity contribution is 7.92. The van der Waals surface area contributed by atoms with E-state index in [9.17, 15) is 8.42 Å². The number of nitrogens with zero attached hydrogens (tertiary/aromatic N) is 3.